The van der Waals surface area contributed by atoms with E-state index in [0.29, 0.717) is 5.92 Å². The molecule has 0 saturated heterocycles. The second kappa shape index (κ2) is 13.5. The van der Waals surface area contributed by atoms with Crippen molar-refractivity contribution in [3.05, 3.63) is 107 Å². The van der Waals surface area contributed by atoms with E-state index in [1.165, 1.54) is 73.6 Å². The van der Waals surface area contributed by atoms with Crippen LogP contribution in [0.1, 0.15) is 92.0 Å². The molecule has 0 atom stereocenters. The molecule has 0 aliphatic carbocycles. The Morgan fingerprint density at radius 1 is 0.688 bits per heavy atom. The van der Waals surface area contributed by atoms with E-state index in [4.69, 9.17) is 0 Å². The van der Waals surface area contributed by atoms with Crippen molar-refractivity contribution in [3.63, 3.8) is 0 Å². The van der Waals surface area contributed by atoms with Gasteiger partial charge in [0.1, 0.15) is 0 Å². The molecule has 3 aromatic carbocycles. The molecule has 0 heterocycles. The van der Waals surface area contributed by atoms with E-state index in [0.717, 1.165) is 18.4 Å². The monoisotopic (exact) mass is 423 g/mol. The van der Waals surface area contributed by atoms with Gasteiger partial charge >= 0.3 is 0 Å². The van der Waals surface area contributed by atoms with Crippen LogP contribution in [0.15, 0.2) is 78.9 Å². The summed E-state index contributed by atoms with van der Waals surface area (Å²) >= 11 is 0. The minimum absolute atomic E-state index is 0.482. The van der Waals surface area contributed by atoms with Gasteiger partial charge < -0.3 is 0 Å². The van der Waals surface area contributed by atoms with Crippen LogP contribution in [-0.4, -0.2) is 0 Å². The van der Waals surface area contributed by atoms with Gasteiger partial charge in [-0.25, -0.2) is 0 Å². The summed E-state index contributed by atoms with van der Waals surface area (Å²) in [7, 11) is 0. The fraction of sp³-hybridized carbons (Fsp3) is 0.387. The lowest BCUT2D eigenvalue weighted by molar-refractivity contribution is 0.584. The van der Waals surface area contributed by atoms with E-state index in [9.17, 15) is 5.26 Å². The summed E-state index contributed by atoms with van der Waals surface area (Å²) in [5.41, 5.74) is 6.25. The first-order chi connectivity index (χ1) is 15.8. The Hall–Kier alpha value is -2.85. The topological polar surface area (TPSA) is 23.8 Å². The molecule has 32 heavy (non-hydrogen) atoms. The molecule has 0 aliphatic heterocycles. The molecule has 166 valence electrons. The molecular weight excluding hydrogens is 386 g/mol. The van der Waals surface area contributed by atoms with E-state index in [1.807, 2.05) is 0 Å². The van der Waals surface area contributed by atoms with Crippen molar-refractivity contribution in [1.29, 1.82) is 5.26 Å². The summed E-state index contributed by atoms with van der Waals surface area (Å²) in [5.74, 6) is 0.482. The maximum atomic E-state index is 9.53. The highest BCUT2D eigenvalue weighted by molar-refractivity contribution is 5.41. The van der Waals surface area contributed by atoms with Crippen LogP contribution in [0.2, 0.25) is 0 Å². The van der Waals surface area contributed by atoms with Crippen LogP contribution in [0.25, 0.3) is 0 Å². The molecule has 1 nitrogen and oxygen atoms in total. The summed E-state index contributed by atoms with van der Waals surface area (Å²) in [6.45, 7) is 2.22. The molecule has 0 spiro atoms. The van der Waals surface area contributed by atoms with Gasteiger partial charge in [-0.15, -0.1) is 0 Å². The number of hydrogen-bond acceptors (Lipinski definition) is 1. The first kappa shape index (κ1) is 23.8. The Kier molecular flexibility index (Phi) is 10.1. The Labute approximate surface area is 195 Å². The van der Waals surface area contributed by atoms with Crippen molar-refractivity contribution in [2.45, 2.75) is 77.0 Å². The molecule has 0 N–H and O–H groups in total. The quantitative estimate of drug-likeness (QED) is 0.252. The van der Waals surface area contributed by atoms with Crippen molar-refractivity contribution >= 4 is 0 Å². The number of nitriles is 1. The van der Waals surface area contributed by atoms with E-state index in [1.54, 1.807) is 0 Å². The van der Waals surface area contributed by atoms with Gasteiger partial charge in [-0.3, -0.25) is 0 Å². The second-order valence-electron chi connectivity index (χ2n) is 8.89. The molecule has 0 radical (unpaired) electrons. The first-order valence-electron chi connectivity index (χ1n) is 12.4. The van der Waals surface area contributed by atoms with Gasteiger partial charge in [0.2, 0.25) is 0 Å². The minimum Gasteiger partial charge on any atom is -0.192 e. The smallest absolute Gasteiger partial charge is 0.0994 e. The normalized spacial score (nSPS) is 10.9. The maximum absolute atomic E-state index is 9.53. The van der Waals surface area contributed by atoms with Gasteiger partial charge in [0.05, 0.1) is 11.6 Å². The zero-order valence-corrected chi connectivity index (χ0v) is 19.6. The molecular formula is C31H37N. The zero-order chi connectivity index (χ0) is 22.4. The second-order valence-corrected chi connectivity index (χ2v) is 8.89. The molecule has 0 saturated carbocycles. The third-order valence-electron chi connectivity index (χ3n) is 6.46. The highest BCUT2D eigenvalue weighted by Gasteiger charge is 2.13. The van der Waals surface area contributed by atoms with Gasteiger partial charge in [-0.1, -0.05) is 112 Å². The SMILES string of the molecule is CCCCCc1ccc(CCCCCCC(c2ccccc2)c2ccccc2)cc1C#N. The van der Waals surface area contributed by atoms with E-state index in [2.05, 4.69) is 91.9 Å². The number of unbranched alkanes of at least 4 members (excludes halogenated alkanes) is 5. The fourth-order valence-electron chi connectivity index (χ4n) is 4.59. The molecule has 3 rings (SSSR count). The number of aryl methyl sites for hydroxylation is 2. The molecule has 0 bridgehead atoms. The van der Waals surface area contributed by atoms with Gasteiger partial charge in [-0.05, 0) is 60.4 Å². The summed E-state index contributed by atoms with van der Waals surface area (Å²) < 4.78 is 0. The third kappa shape index (κ3) is 7.38. The fourth-order valence-corrected chi connectivity index (χ4v) is 4.59. The Morgan fingerprint density at radius 3 is 1.94 bits per heavy atom. The maximum Gasteiger partial charge on any atom is 0.0994 e. The van der Waals surface area contributed by atoms with Crippen molar-refractivity contribution in [2.24, 2.45) is 0 Å². The van der Waals surface area contributed by atoms with Gasteiger partial charge in [0, 0.05) is 5.92 Å². The Balaban J connectivity index is 1.45. The minimum atomic E-state index is 0.482. The van der Waals surface area contributed by atoms with Crippen molar-refractivity contribution < 1.29 is 0 Å². The van der Waals surface area contributed by atoms with E-state index < -0.39 is 0 Å². The Morgan fingerprint density at radius 2 is 1.31 bits per heavy atom. The van der Waals surface area contributed by atoms with Gasteiger partial charge in [0.15, 0.2) is 0 Å². The average Bonchev–Trinajstić information content (AvgIpc) is 2.85. The summed E-state index contributed by atoms with van der Waals surface area (Å²) in [5, 5.41) is 9.53. The first-order valence-corrected chi connectivity index (χ1v) is 12.4. The van der Waals surface area contributed by atoms with Crippen molar-refractivity contribution in [2.75, 3.05) is 0 Å². The molecule has 3 aromatic rings. The van der Waals surface area contributed by atoms with E-state index >= 15 is 0 Å². The number of hydrogen-bond donors (Lipinski definition) is 0. The van der Waals surface area contributed by atoms with Crippen LogP contribution in [0.3, 0.4) is 0 Å². The lowest BCUT2D eigenvalue weighted by atomic mass is 9.87. The highest BCUT2D eigenvalue weighted by Crippen LogP contribution is 2.30. The van der Waals surface area contributed by atoms with Crippen molar-refractivity contribution in [1.82, 2.24) is 0 Å². The Bertz CT molecular complexity index is 913. The molecule has 0 aliphatic rings. The molecule has 0 amide bonds. The van der Waals surface area contributed by atoms with Gasteiger partial charge in [-0.2, -0.15) is 5.26 Å². The van der Waals surface area contributed by atoms with Crippen LogP contribution < -0.4 is 0 Å². The highest BCUT2D eigenvalue weighted by atomic mass is 14.2. The molecule has 0 unspecified atom stereocenters. The van der Waals surface area contributed by atoms with Crippen LogP contribution in [0.5, 0.6) is 0 Å². The lowest BCUT2D eigenvalue weighted by Gasteiger charge is -2.18. The van der Waals surface area contributed by atoms with Crippen molar-refractivity contribution in [3.8, 4) is 6.07 Å². The molecule has 1 heteroatoms. The van der Waals surface area contributed by atoms with Crippen LogP contribution in [-0.2, 0) is 12.8 Å². The molecule has 0 fully saturated rings. The predicted molar refractivity (Wildman–Crippen MR) is 136 cm³/mol. The lowest BCUT2D eigenvalue weighted by Crippen LogP contribution is -2.01. The number of rotatable bonds is 13. The standard InChI is InChI=1S/C31H37N/c1-2-3-8-16-27-23-22-26(24-30(27)25-32)15-9-4-5-14-21-31(28-17-10-6-11-18-28)29-19-12-7-13-20-29/h6-7,10-13,17-20,22-24,31H,2-5,8-9,14-16,21H2,1H3. The van der Waals surface area contributed by atoms with Crippen LogP contribution >= 0.6 is 0 Å². The predicted octanol–water partition coefficient (Wildman–Crippen LogP) is 8.62. The van der Waals surface area contributed by atoms with E-state index in [-0.39, 0.29) is 0 Å². The largest absolute Gasteiger partial charge is 0.192 e. The zero-order valence-electron chi connectivity index (χ0n) is 19.6. The van der Waals surface area contributed by atoms with Crippen LogP contribution in [0.4, 0.5) is 0 Å². The summed E-state index contributed by atoms with van der Waals surface area (Å²) in [6.07, 6.45) is 11.9. The molecule has 0 aromatic heterocycles. The average molecular weight is 424 g/mol. The third-order valence-corrected chi connectivity index (χ3v) is 6.46. The van der Waals surface area contributed by atoms with Gasteiger partial charge in [0.25, 0.3) is 0 Å². The summed E-state index contributed by atoms with van der Waals surface area (Å²) in [6, 6.07) is 30.8. The number of nitrogens with zero attached hydrogens (tertiary/aromatic N) is 1. The number of benzene rings is 3. The summed E-state index contributed by atoms with van der Waals surface area (Å²) in [4.78, 5) is 0. The van der Waals surface area contributed by atoms with Crippen LogP contribution in [0, 0.1) is 11.3 Å².